The Bertz CT molecular complexity index is 432. The molecule has 0 aliphatic rings. The van der Waals surface area contributed by atoms with E-state index < -0.39 is 6.10 Å². The first kappa shape index (κ1) is 16.0. The zero-order valence-corrected chi connectivity index (χ0v) is 12.7. The van der Waals surface area contributed by atoms with Gasteiger partial charge in [0.05, 0.1) is 6.10 Å². The summed E-state index contributed by atoms with van der Waals surface area (Å²) in [5.74, 6) is -0.210. The molecule has 0 heterocycles. The lowest BCUT2D eigenvalue weighted by molar-refractivity contribution is 0.0868. The van der Waals surface area contributed by atoms with Gasteiger partial charge in [-0.3, -0.25) is 4.79 Å². The molecular weight excluding hydrogens is 262 g/mol. The molecule has 1 unspecified atom stereocenters. The Kier molecular flexibility index (Phi) is 5.39. The van der Waals surface area contributed by atoms with Crippen LogP contribution in [0, 0.1) is 12.3 Å². The summed E-state index contributed by atoms with van der Waals surface area (Å²) in [5, 5.41) is 13.1. The lowest BCUT2D eigenvalue weighted by Gasteiger charge is -2.22. The first-order chi connectivity index (χ1) is 8.67. The number of carbonyl (C=O) groups excluding carboxylic acids is 1. The number of hydrogen-bond acceptors (Lipinski definition) is 2. The second-order valence-corrected chi connectivity index (χ2v) is 6.58. The van der Waals surface area contributed by atoms with E-state index >= 15 is 0 Å². The molecule has 1 amide bonds. The summed E-state index contributed by atoms with van der Waals surface area (Å²) < 4.78 is 0. The van der Waals surface area contributed by atoms with Crippen LogP contribution in [0.3, 0.4) is 0 Å². The van der Waals surface area contributed by atoms with E-state index in [1.165, 1.54) is 0 Å². The standard InChI is InChI=1S/C15H22ClNO2/c1-10-5-11(7-12(16)6-10)14(19)17-9-13(18)8-15(2,3)4/h5-7,13,18H,8-9H2,1-4H3,(H,17,19). The highest BCUT2D eigenvalue weighted by Gasteiger charge is 2.17. The molecule has 0 fully saturated rings. The van der Waals surface area contributed by atoms with Crippen molar-refractivity contribution in [3.8, 4) is 0 Å². The van der Waals surface area contributed by atoms with Gasteiger partial charge in [0.15, 0.2) is 0 Å². The van der Waals surface area contributed by atoms with Crippen LogP contribution in [0.5, 0.6) is 0 Å². The van der Waals surface area contributed by atoms with Gasteiger partial charge >= 0.3 is 0 Å². The van der Waals surface area contributed by atoms with Crippen LogP contribution in [-0.2, 0) is 0 Å². The molecule has 0 aliphatic heterocycles. The normalized spacial score (nSPS) is 13.2. The summed E-state index contributed by atoms with van der Waals surface area (Å²) in [5.41, 5.74) is 1.50. The molecule has 1 aromatic rings. The van der Waals surface area contributed by atoms with Gasteiger partial charge in [-0.25, -0.2) is 0 Å². The van der Waals surface area contributed by atoms with Crippen LogP contribution in [0.2, 0.25) is 5.02 Å². The lowest BCUT2D eigenvalue weighted by Crippen LogP contribution is -2.34. The molecule has 0 aliphatic carbocycles. The maximum atomic E-state index is 11.9. The van der Waals surface area contributed by atoms with E-state index in [0.29, 0.717) is 17.0 Å². The van der Waals surface area contributed by atoms with Gasteiger partial charge in [-0.05, 0) is 42.5 Å². The second-order valence-electron chi connectivity index (χ2n) is 6.15. The number of nitrogens with one attached hydrogen (secondary N) is 1. The van der Waals surface area contributed by atoms with E-state index in [1.807, 2.05) is 6.92 Å². The van der Waals surface area contributed by atoms with E-state index in [9.17, 15) is 9.90 Å². The maximum Gasteiger partial charge on any atom is 0.251 e. The van der Waals surface area contributed by atoms with E-state index in [1.54, 1.807) is 18.2 Å². The van der Waals surface area contributed by atoms with Crippen LogP contribution in [0.25, 0.3) is 0 Å². The van der Waals surface area contributed by atoms with Crippen LogP contribution in [0.15, 0.2) is 18.2 Å². The van der Waals surface area contributed by atoms with Crippen molar-refractivity contribution in [1.29, 1.82) is 0 Å². The average molecular weight is 284 g/mol. The number of carbonyl (C=O) groups is 1. The molecule has 0 spiro atoms. The largest absolute Gasteiger partial charge is 0.391 e. The quantitative estimate of drug-likeness (QED) is 0.892. The Balaban J connectivity index is 2.56. The highest BCUT2D eigenvalue weighted by Crippen LogP contribution is 2.20. The van der Waals surface area contributed by atoms with Crippen LogP contribution >= 0.6 is 11.6 Å². The zero-order chi connectivity index (χ0) is 14.6. The van der Waals surface area contributed by atoms with Gasteiger partial charge in [0.1, 0.15) is 0 Å². The number of benzene rings is 1. The number of aliphatic hydroxyl groups is 1. The predicted molar refractivity (Wildman–Crippen MR) is 78.6 cm³/mol. The fraction of sp³-hybridized carbons (Fsp3) is 0.533. The molecule has 0 saturated heterocycles. The van der Waals surface area contributed by atoms with E-state index in [0.717, 1.165) is 5.56 Å². The van der Waals surface area contributed by atoms with Crippen molar-refractivity contribution < 1.29 is 9.90 Å². The van der Waals surface area contributed by atoms with Gasteiger partial charge in [0, 0.05) is 17.1 Å². The van der Waals surface area contributed by atoms with Gasteiger partial charge in [0.2, 0.25) is 0 Å². The number of aliphatic hydroxyl groups excluding tert-OH is 1. The van der Waals surface area contributed by atoms with Gasteiger partial charge in [-0.1, -0.05) is 32.4 Å². The summed E-state index contributed by atoms with van der Waals surface area (Å²) in [4.78, 5) is 11.9. The molecule has 1 rings (SSSR count). The minimum Gasteiger partial charge on any atom is -0.391 e. The molecule has 19 heavy (non-hydrogen) atoms. The highest BCUT2D eigenvalue weighted by atomic mass is 35.5. The Morgan fingerprint density at radius 2 is 2.00 bits per heavy atom. The summed E-state index contributed by atoms with van der Waals surface area (Å²) in [6, 6.07) is 5.20. The predicted octanol–water partition coefficient (Wildman–Crippen LogP) is 3.18. The number of aryl methyl sites for hydroxylation is 1. The van der Waals surface area contributed by atoms with Crippen molar-refractivity contribution in [2.75, 3.05) is 6.54 Å². The van der Waals surface area contributed by atoms with Crippen molar-refractivity contribution in [2.24, 2.45) is 5.41 Å². The summed E-state index contributed by atoms with van der Waals surface area (Å²) in [6.07, 6.45) is 0.103. The molecule has 0 aromatic heterocycles. The van der Waals surface area contributed by atoms with E-state index in [4.69, 9.17) is 11.6 Å². The van der Waals surface area contributed by atoms with Gasteiger partial charge in [-0.2, -0.15) is 0 Å². The smallest absolute Gasteiger partial charge is 0.251 e. The van der Waals surface area contributed by atoms with Crippen LogP contribution in [0.1, 0.15) is 43.1 Å². The molecule has 0 bridgehead atoms. The van der Waals surface area contributed by atoms with E-state index in [-0.39, 0.29) is 17.9 Å². The third kappa shape index (κ3) is 6.08. The van der Waals surface area contributed by atoms with Crippen molar-refractivity contribution in [3.05, 3.63) is 34.3 Å². The molecule has 1 aromatic carbocycles. The van der Waals surface area contributed by atoms with Crippen LogP contribution in [0.4, 0.5) is 0 Å². The van der Waals surface area contributed by atoms with Crippen LogP contribution < -0.4 is 5.32 Å². The minimum absolute atomic E-state index is 0.0385. The number of amides is 1. The van der Waals surface area contributed by atoms with Gasteiger partial charge in [0.25, 0.3) is 5.91 Å². The van der Waals surface area contributed by atoms with Crippen molar-refractivity contribution >= 4 is 17.5 Å². The van der Waals surface area contributed by atoms with Crippen molar-refractivity contribution in [3.63, 3.8) is 0 Å². The first-order valence-corrected chi connectivity index (χ1v) is 6.78. The molecular formula is C15H22ClNO2. The topological polar surface area (TPSA) is 49.3 Å². The molecule has 106 valence electrons. The lowest BCUT2D eigenvalue weighted by atomic mass is 9.89. The Morgan fingerprint density at radius 1 is 1.37 bits per heavy atom. The average Bonchev–Trinajstić information content (AvgIpc) is 2.22. The SMILES string of the molecule is Cc1cc(Cl)cc(C(=O)NCC(O)CC(C)(C)C)c1. The second kappa shape index (κ2) is 6.40. The summed E-state index contributed by atoms with van der Waals surface area (Å²) in [6.45, 7) is 8.30. The Hall–Kier alpha value is -1.06. The molecule has 0 saturated carbocycles. The van der Waals surface area contributed by atoms with Gasteiger partial charge in [-0.15, -0.1) is 0 Å². The Morgan fingerprint density at radius 3 is 2.53 bits per heavy atom. The zero-order valence-electron chi connectivity index (χ0n) is 12.0. The van der Waals surface area contributed by atoms with Gasteiger partial charge < -0.3 is 10.4 Å². The number of halogens is 1. The van der Waals surface area contributed by atoms with Crippen molar-refractivity contribution in [2.45, 2.75) is 40.2 Å². The van der Waals surface area contributed by atoms with E-state index in [2.05, 4.69) is 26.1 Å². The monoisotopic (exact) mass is 283 g/mol. The number of rotatable bonds is 4. The fourth-order valence-electron chi connectivity index (χ4n) is 1.96. The third-order valence-corrected chi connectivity index (χ3v) is 2.87. The summed E-state index contributed by atoms with van der Waals surface area (Å²) >= 11 is 5.91. The first-order valence-electron chi connectivity index (χ1n) is 6.41. The fourth-order valence-corrected chi connectivity index (χ4v) is 2.25. The Labute approximate surface area is 120 Å². The molecule has 3 nitrogen and oxygen atoms in total. The minimum atomic E-state index is -0.538. The highest BCUT2D eigenvalue weighted by molar-refractivity contribution is 6.31. The molecule has 1 atom stereocenters. The summed E-state index contributed by atoms with van der Waals surface area (Å²) in [7, 11) is 0. The third-order valence-electron chi connectivity index (χ3n) is 2.65. The number of hydrogen-bond donors (Lipinski definition) is 2. The molecule has 2 N–H and O–H groups in total. The maximum absolute atomic E-state index is 11.9. The van der Waals surface area contributed by atoms with Crippen molar-refractivity contribution in [1.82, 2.24) is 5.32 Å². The van der Waals surface area contributed by atoms with Crippen LogP contribution in [-0.4, -0.2) is 23.7 Å². The molecule has 4 heteroatoms. The molecule has 0 radical (unpaired) electrons.